The number of halogens is 3. The third kappa shape index (κ3) is 5.08. The van der Waals surface area contributed by atoms with E-state index in [4.69, 9.17) is 4.74 Å². The quantitative estimate of drug-likeness (QED) is 0.760. The van der Waals surface area contributed by atoms with E-state index >= 15 is 0 Å². The van der Waals surface area contributed by atoms with Crippen LogP contribution in [0.1, 0.15) is 35.9 Å². The number of hydrogen-bond donors (Lipinski definition) is 1. The van der Waals surface area contributed by atoms with Gasteiger partial charge in [-0.3, -0.25) is 4.79 Å². The zero-order valence-corrected chi connectivity index (χ0v) is 15.0. The van der Waals surface area contributed by atoms with Crippen molar-refractivity contribution in [3.8, 4) is 5.69 Å². The highest BCUT2D eigenvalue weighted by molar-refractivity contribution is 5.76. The fraction of sp³-hybridized carbons (Fsp3) is 0.444. The van der Waals surface area contributed by atoms with Crippen LogP contribution in [0.3, 0.4) is 0 Å². The van der Waals surface area contributed by atoms with E-state index in [2.05, 4.69) is 10.4 Å². The van der Waals surface area contributed by atoms with Gasteiger partial charge in [0.15, 0.2) is 0 Å². The Bertz CT molecular complexity index is 770. The number of alkyl halides is 3. The second-order valence-electron chi connectivity index (χ2n) is 5.90. The maximum Gasteiger partial charge on any atom is 0.416 e. The number of hydrogen-bond acceptors (Lipinski definition) is 3. The van der Waals surface area contributed by atoms with E-state index < -0.39 is 11.7 Å². The third-order valence-corrected chi connectivity index (χ3v) is 3.81. The minimum Gasteiger partial charge on any atom is -0.381 e. The number of benzene rings is 1. The Kier molecular flexibility index (Phi) is 6.42. The number of aromatic nitrogens is 2. The van der Waals surface area contributed by atoms with Crippen LogP contribution in [-0.2, 0) is 22.3 Å². The Morgan fingerprint density at radius 1 is 1.27 bits per heavy atom. The zero-order chi connectivity index (χ0) is 19.3. The van der Waals surface area contributed by atoms with Crippen LogP contribution in [0.5, 0.6) is 0 Å². The summed E-state index contributed by atoms with van der Waals surface area (Å²) in [5, 5.41) is 6.72. The summed E-state index contributed by atoms with van der Waals surface area (Å²) in [6.07, 6.45) is -4.42. The molecule has 1 heterocycles. The molecule has 0 saturated carbocycles. The minimum atomic E-state index is -4.53. The monoisotopic (exact) mass is 369 g/mol. The van der Waals surface area contributed by atoms with E-state index in [9.17, 15) is 18.0 Å². The number of carbonyl (C=O) groups excluding carboxylic acids is 1. The molecule has 2 aromatic rings. The molecule has 0 saturated heterocycles. The summed E-state index contributed by atoms with van der Waals surface area (Å²) in [5.74, 6) is -0.353. The van der Waals surface area contributed by atoms with Crippen molar-refractivity contribution in [1.29, 1.82) is 0 Å². The molecule has 0 aliphatic rings. The van der Waals surface area contributed by atoms with Gasteiger partial charge in [0, 0.05) is 25.3 Å². The van der Waals surface area contributed by atoms with E-state index in [1.54, 1.807) is 32.9 Å². The lowest BCUT2D eigenvalue weighted by Crippen LogP contribution is -2.25. The molecule has 0 aliphatic heterocycles. The van der Waals surface area contributed by atoms with E-state index in [-0.39, 0.29) is 31.0 Å². The standard InChI is InChI=1S/C18H22F3N3O2/c1-4-26-8-7-17(25)22-11-14-5-6-15(10-16(14)18(19,20)21)24-13(3)9-12(2)23-24/h5-6,9-10H,4,7-8,11H2,1-3H3,(H,22,25). The maximum absolute atomic E-state index is 13.5. The Balaban J connectivity index is 2.21. The molecule has 0 fully saturated rings. The van der Waals surface area contributed by atoms with E-state index in [0.717, 1.165) is 17.5 Å². The predicted molar refractivity (Wildman–Crippen MR) is 91.0 cm³/mol. The molecule has 0 bridgehead atoms. The van der Waals surface area contributed by atoms with Gasteiger partial charge in [0.25, 0.3) is 0 Å². The molecule has 0 radical (unpaired) electrons. The lowest BCUT2D eigenvalue weighted by Gasteiger charge is -2.16. The fourth-order valence-corrected chi connectivity index (χ4v) is 2.60. The van der Waals surface area contributed by atoms with E-state index in [1.807, 2.05) is 0 Å². The van der Waals surface area contributed by atoms with Gasteiger partial charge in [0.2, 0.25) is 5.91 Å². The van der Waals surface area contributed by atoms with Gasteiger partial charge in [-0.2, -0.15) is 18.3 Å². The van der Waals surface area contributed by atoms with Gasteiger partial charge in [-0.1, -0.05) is 6.07 Å². The van der Waals surface area contributed by atoms with E-state index in [1.165, 1.54) is 10.7 Å². The topological polar surface area (TPSA) is 56.1 Å². The molecule has 8 heteroatoms. The van der Waals surface area contributed by atoms with Crippen molar-refractivity contribution in [2.75, 3.05) is 13.2 Å². The molecular formula is C18H22F3N3O2. The Morgan fingerprint density at radius 2 is 2.00 bits per heavy atom. The highest BCUT2D eigenvalue weighted by atomic mass is 19.4. The molecule has 1 aromatic heterocycles. The highest BCUT2D eigenvalue weighted by Crippen LogP contribution is 2.33. The molecule has 0 aliphatic carbocycles. The summed E-state index contributed by atoms with van der Waals surface area (Å²) in [4.78, 5) is 11.7. The first kappa shape index (κ1) is 20.0. The molecule has 1 N–H and O–H groups in total. The minimum absolute atomic E-state index is 0.00698. The first-order chi connectivity index (χ1) is 12.2. The summed E-state index contributed by atoms with van der Waals surface area (Å²) in [6.45, 7) is 5.89. The van der Waals surface area contributed by atoms with Crippen LogP contribution in [0.15, 0.2) is 24.3 Å². The molecule has 26 heavy (non-hydrogen) atoms. The molecule has 0 unspecified atom stereocenters. The summed E-state index contributed by atoms with van der Waals surface area (Å²) < 4.78 is 46.9. The molecule has 5 nitrogen and oxygen atoms in total. The lowest BCUT2D eigenvalue weighted by atomic mass is 10.1. The highest BCUT2D eigenvalue weighted by Gasteiger charge is 2.34. The third-order valence-electron chi connectivity index (χ3n) is 3.81. The Labute approximate surface area is 150 Å². The first-order valence-corrected chi connectivity index (χ1v) is 8.30. The number of amides is 1. The maximum atomic E-state index is 13.5. The number of nitrogens with one attached hydrogen (secondary N) is 1. The molecular weight excluding hydrogens is 347 g/mol. The first-order valence-electron chi connectivity index (χ1n) is 8.30. The van der Waals surface area contributed by atoms with Crippen molar-refractivity contribution >= 4 is 5.91 Å². The summed E-state index contributed by atoms with van der Waals surface area (Å²) in [7, 11) is 0. The molecule has 142 valence electrons. The second kappa shape index (κ2) is 8.35. The number of rotatable bonds is 7. The van der Waals surface area contributed by atoms with Crippen LogP contribution in [0, 0.1) is 13.8 Å². The average Bonchev–Trinajstić information content (AvgIpc) is 2.90. The number of ether oxygens (including phenoxy) is 1. The number of aryl methyl sites for hydroxylation is 2. The van der Waals surface area contributed by atoms with Crippen LogP contribution in [-0.4, -0.2) is 28.9 Å². The van der Waals surface area contributed by atoms with Gasteiger partial charge in [-0.15, -0.1) is 0 Å². The van der Waals surface area contributed by atoms with Crippen molar-refractivity contribution < 1.29 is 22.7 Å². The lowest BCUT2D eigenvalue weighted by molar-refractivity contribution is -0.138. The average molecular weight is 369 g/mol. The van der Waals surface area contributed by atoms with Crippen LogP contribution in [0.2, 0.25) is 0 Å². The Morgan fingerprint density at radius 3 is 2.58 bits per heavy atom. The molecule has 1 aromatic carbocycles. The molecule has 0 atom stereocenters. The molecule has 2 rings (SSSR count). The normalized spacial score (nSPS) is 11.6. The van der Waals surface area contributed by atoms with Crippen molar-refractivity contribution in [3.63, 3.8) is 0 Å². The molecule has 0 spiro atoms. The smallest absolute Gasteiger partial charge is 0.381 e. The SMILES string of the molecule is CCOCCC(=O)NCc1ccc(-n2nc(C)cc2C)cc1C(F)(F)F. The van der Waals surface area contributed by atoms with Gasteiger partial charge in [-0.05, 0) is 44.5 Å². The van der Waals surface area contributed by atoms with E-state index in [0.29, 0.717) is 12.3 Å². The van der Waals surface area contributed by atoms with Crippen molar-refractivity contribution in [1.82, 2.24) is 15.1 Å². The van der Waals surface area contributed by atoms with Gasteiger partial charge in [-0.25, -0.2) is 4.68 Å². The van der Waals surface area contributed by atoms with Gasteiger partial charge in [0.05, 0.1) is 23.6 Å². The summed E-state index contributed by atoms with van der Waals surface area (Å²) >= 11 is 0. The number of nitrogens with zero attached hydrogens (tertiary/aromatic N) is 2. The van der Waals surface area contributed by atoms with Gasteiger partial charge >= 0.3 is 6.18 Å². The largest absolute Gasteiger partial charge is 0.416 e. The van der Waals surface area contributed by atoms with Crippen molar-refractivity contribution in [2.45, 2.75) is 39.9 Å². The second-order valence-corrected chi connectivity index (χ2v) is 5.90. The van der Waals surface area contributed by atoms with Crippen LogP contribution in [0.25, 0.3) is 5.69 Å². The zero-order valence-electron chi connectivity index (χ0n) is 15.0. The van der Waals surface area contributed by atoms with Crippen LogP contribution >= 0.6 is 0 Å². The van der Waals surface area contributed by atoms with Gasteiger partial charge in [0.1, 0.15) is 0 Å². The van der Waals surface area contributed by atoms with Crippen LogP contribution in [0.4, 0.5) is 13.2 Å². The summed E-state index contributed by atoms with van der Waals surface area (Å²) in [5.41, 5.74) is 1.02. The predicted octanol–water partition coefficient (Wildman–Crippen LogP) is 3.55. The number of carbonyl (C=O) groups is 1. The molecule has 1 amide bonds. The Hall–Kier alpha value is -2.35. The van der Waals surface area contributed by atoms with Crippen LogP contribution < -0.4 is 5.32 Å². The fourth-order valence-electron chi connectivity index (χ4n) is 2.60. The van der Waals surface area contributed by atoms with Crippen molar-refractivity contribution in [2.24, 2.45) is 0 Å². The summed E-state index contributed by atoms with van der Waals surface area (Å²) in [6, 6.07) is 5.79. The van der Waals surface area contributed by atoms with Gasteiger partial charge < -0.3 is 10.1 Å². The van der Waals surface area contributed by atoms with Crippen molar-refractivity contribution in [3.05, 3.63) is 46.8 Å².